The van der Waals surface area contributed by atoms with Crippen molar-refractivity contribution >= 4 is 28.9 Å². The van der Waals surface area contributed by atoms with E-state index >= 15 is 0 Å². The normalized spacial score (nSPS) is 10.2. The minimum absolute atomic E-state index is 0.275. The van der Waals surface area contributed by atoms with Crippen molar-refractivity contribution in [3.8, 4) is 0 Å². The molecule has 0 heterocycles. The van der Waals surface area contributed by atoms with Crippen LogP contribution in [-0.4, -0.2) is 16.1 Å². The van der Waals surface area contributed by atoms with E-state index in [-0.39, 0.29) is 5.56 Å². The van der Waals surface area contributed by atoms with Gasteiger partial charge in [0, 0.05) is 5.69 Å². The maximum absolute atomic E-state index is 10.9. The van der Waals surface area contributed by atoms with Crippen LogP contribution in [0.4, 0.5) is 5.69 Å². The summed E-state index contributed by atoms with van der Waals surface area (Å²) in [6.07, 6.45) is 8.30. The first-order valence-electron chi connectivity index (χ1n) is 7.26. The summed E-state index contributed by atoms with van der Waals surface area (Å²) in [6, 6.07) is 6.74. The predicted octanol–water partition coefficient (Wildman–Crippen LogP) is 4.87. The molecule has 0 fully saturated rings. The van der Waals surface area contributed by atoms with Gasteiger partial charge in [-0.3, -0.25) is 0 Å². The predicted molar refractivity (Wildman–Crippen MR) is 87.6 cm³/mol. The number of unbranched alkanes of at least 4 members (excludes halogenated alkanes) is 5. The molecule has 0 unspecified atom stereocenters. The minimum atomic E-state index is -0.921. The monoisotopic (exact) mass is 293 g/mol. The highest BCUT2D eigenvalue weighted by Gasteiger charge is 2.04. The first-order valence-corrected chi connectivity index (χ1v) is 7.67. The summed E-state index contributed by atoms with van der Waals surface area (Å²) in [5, 5.41) is 12.0. The zero-order chi connectivity index (χ0) is 14.8. The molecule has 4 heteroatoms. The Hall–Kier alpha value is -1.42. The lowest BCUT2D eigenvalue weighted by Crippen LogP contribution is -2.09. The molecular formula is C16H23NO2S. The Labute approximate surface area is 126 Å². The van der Waals surface area contributed by atoms with Gasteiger partial charge in [0.15, 0.2) is 0 Å². The van der Waals surface area contributed by atoms with Crippen LogP contribution in [0.25, 0.3) is 0 Å². The molecule has 0 aliphatic carbocycles. The van der Waals surface area contributed by atoms with Crippen LogP contribution in [0.1, 0.15) is 62.2 Å². The summed E-state index contributed by atoms with van der Waals surface area (Å²) >= 11 is 5.29. The molecule has 0 amide bonds. The van der Waals surface area contributed by atoms with Crippen molar-refractivity contribution in [2.45, 2.75) is 51.9 Å². The Balaban J connectivity index is 2.28. The molecule has 0 aromatic heterocycles. The number of rotatable bonds is 9. The molecule has 0 atom stereocenters. The van der Waals surface area contributed by atoms with Crippen molar-refractivity contribution in [1.82, 2.24) is 0 Å². The van der Waals surface area contributed by atoms with Crippen molar-refractivity contribution < 1.29 is 9.90 Å². The first-order chi connectivity index (χ1) is 9.63. The molecule has 110 valence electrons. The van der Waals surface area contributed by atoms with Gasteiger partial charge >= 0.3 is 5.97 Å². The summed E-state index contributed by atoms with van der Waals surface area (Å²) in [5.41, 5.74) is 1.03. The fourth-order valence-electron chi connectivity index (χ4n) is 2.02. The topological polar surface area (TPSA) is 49.3 Å². The van der Waals surface area contributed by atoms with Gasteiger partial charge in [-0.25, -0.2) is 4.79 Å². The van der Waals surface area contributed by atoms with E-state index < -0.39 is 5.97 Å². The van der Waals surface area contributed by atoms with E-state index in [2.05, 4.69) is 12.2 Å². The number of carboxylic acid groups (broad SMARTS) is 1. The number of thiocarbonyl (C=S) groups is 1. The summed E-state index contributed by atoms with van der Waals surface area (Å²) in [5.74, 6) is -0.921. The van der Waals surface area contributed by atoms with Crippen LogP contribution in [0.2, 0.25) is 0 Å². The van der Waals surface area contributed by atoms with Gasteiger partial charge < -0.3 is 10.4 Å². The summed E-state index contributed by atoms with van der Waals surface area (Å²) in [6.45, 7) is 2.21. The van der Waals surface area contributed by atoms with E-state index in [0.717, 1.165) is 23.5 Å². The molecule has 0 spiro atoms. The van der Waals surface area contributed by atoms with Crippen LogP contribution < -0.4 is 5.32 Å². The van der Waals surface area contributed by atoms with Gasteiger partial charge in [0.25, 0.3) is 0 Å². The number of benzene rings is 1. The molecule has 1 aromatic carbocycles. The van der Waals surface area contributed by atoms with E-state index in [1.807, 2.05) is 6.07 Å². The van der Waals surface area contributed by atoms with Gasteiger partial charge in [0.1, 0.15) is 0 Å². The van der Waals surface area contributed by atoms with Crippen LogP contribution in [0.5, 0.6) is 0 Å². The average Bonchev–Trinajstić information content (AvgIpc) is 2.43. The van der Waals surface area contributed by atoms with E-state index in [0.29, 0.717) is 0 Å². The van der Waals surface area contributed by atoms with Gasteiger partial charge in [-0.05, 0) is 31.0 Å². The Morgan fingerprint density at radius 1 is 1.20 bits per heavy atom. The number of carboxylic acids is 1. The highest BCUT2D eigenvalue weighted by atomic mass is 32.1. The Morgan fingerprint density at radius 2 is 1.90 bits per heavy atom. The molecule has 2 N–H and O–H groups in total. The smallest absolute Gasteiger partial charge is 0.335 e. The van der Waals surface area contributed by atoms with Gasteiger partial charge in [-0.2, -0.15) is 0 Å². The highest BCUT2D eigenvalue weighted by molar-refractivity contribution is 7.80. The van der Waals surface area contributed by atoms with Crippen LogP contribution >= 0.6 is 12.2 Å². The van der Waals surface area contributed by atoms with Gasteiger partial charge in [0.2, 0.25) is 0 Å². The molecule has 0 saturated heterocycles. The summed E-state index contributed by atoms with van der Waals surface area (Å²) in [7, 11) is 0. The number of anilines is 1. The second kappa shape index (κ2) is 9.48. The Morgan fingerprint density at radius 3 is 2.60 bits per heavy atom. The minimum Gasteiger partial charge on any atom is -0.478 e. The zero-order valence-corrected chi connectivity index (χ0v) is 12.8. The van der Waals surface area contributed by atoms with Crippen molar-refractivity contribution in [3.63, 3.8) is 0 Å². The van der Waals surface area contributed by atoms with Crippen molar-refractivity contribution in [2.24, 2.45) is 0 Å². The lowest BCUT2D eigenvalue weighted by molar-refractivity contribution is 0.0697. The number of nitrogens with one attached hydrogen (secondary N) is 1. The van der Waals surface area contributed by atoms with Gasteiger partial charge in [-0.1, -0.05) is 57.3 Å². The molecule has 0 bridgehead atoms. The van der Waals surface area contributed by atoms with Crippen LogP contribution in [0.3, 0.4) is 0 Å². The lowest BCUT2D eigenvalue weighted by atomic mass is 10.1. The fraction of sp³-hybridized carbons (Fsp3) is 0.500. The molecule has 3 nitrogen and oxygen atoms in total. The van der Waals surface area contributed by atoms with Gasteiger partial charge in [-0.15, -0.1) is 0 Å². The molecule has 1 aromatic rings. The summed E-state index contributed by atoms with van der Waals surface area (Å²) in [4.78, 5) is 11.7. The highest BCUT2D eigenvalue weighted by Crippen LogP contribution is 2.13. The van der Waals surface area contributed by atoms with E-state index in [1.54, 1.807) is 18.2 Å². The third-order valence-electron chi connectivity index (χ3n) is 3.15. The molecule has 1 rings (SSSR count). The van der Waals surface area contributed by atoms with Crippen LogP contribution in [0, 0.1) is 0 Å². The van der Waals surface area contributed by atoms with Crippen LogP contribution in [0.15, 0.2) is 24.3 Å². The quantitative estimate of drug-likeness (QED) is 0.503. The number of hydrogen-bond acceptors (Lipinski definition) is 2. The Bertz CT molecular complexity index is 446. The lowest BCUT2D eigenvalue weighted by Gasteiger charge is -2.08. The van der Waals surface area contributed by atoms with E-state index in [1.165, 1.54) is 32.1 Å². The second-order valence-electron chi connectivity index (χ2n) is 4.95. The van der Waals surface area contributed by atoms with Crippen LogP contribution in [-0.2, 0) is 0 Å². The second-order valence-corrected chi connectivity index (χ2v) is 5.44. The first kappa shape index (κ1) is 16.6. The molecule has 0 radical (unpaired) electrons. The third kappa shape index (κ3) is 6.66. The van der Waals surface area contributed by atoms with Crippen molar-refractivity contribution in [2.75, 3.05) is 5.32 Å². The van der Waals surface area contributed by atoms with E-state index in [9.17, 15) is 4.79 Å². The van der Waals surface area contributed by atoms with E-state index in [4.69, 9.17) is 17.3 Å². The largest absolute Gasteiger partial charge is 0.478 e. The molecule has 0 aliphatic rings. The number of hydrogen-bond donors (Lipinski definition) is 2. The Kier molecular flexibility index (Phi) is 7.88. The molecule has 20 heavy (non-hydrogen) atoms. The van der Waals surface area contributed by atoms with Crippen molar-refractivity contribution in [3.05, 3.63) is 29.8 Å². The molecule has 0 aliphatic heterocycles. The summed E-state index contributed by atoms with van der Waals surface area (Å²) < 4.78 is 0. The maximum Gasteiger partial charge on any atom is 0.335 e. The standard InChI is InChI=1S/C16H23NO2S/c1-2-3-4-5-6-7-11-15(20)17-14-10-8-9-13(12-14)16(18)19/h8-10,12H,2-7,11H2,1H3,(H,17,20)(H,18,19). The maximum atomic E-state index is 10.9. The number of aromatic carboxylic acids is 1. The molecule has 0 saturated carbocycles. The fourth-order valence-corrected chi connectivity index (χ4v) is 2.28. The average molecular weight is 293 g/mol. The molecular weight excluding hydrogens is 270 g/mol. The third-order valence-corrected chi connectivity index (χ3v) is 3.46. The van der Waals surface area contributed by atoms with Gasteiger partial charge in [0.05, 0.1) is 10.6 Å². The van der Waals surface area contributed by atoms with Crippen molar-refractivity contribution in [1.29, 1.82) is 0 Å². The zero-order valence-electron chi connectivity index (χ0n) is 12.0. The SMILES string of the molecule is CCCCCCCCC(=S)Nc1cccc(C(=O)O)c1. The number of carbonyl (C=O) groups is 1.